The van der Waals surface area contributed by atoms with E-state index < -0.39 is 0 Å². The Hall–Kier alpha value is -2.82. The van der Waals surface area contributed by atoms with Crippen LogP contribution in [-0.2, 0) is 24.1 Å². The van der Waals surface area contributed by atoms with Gasteiger partial charge in [-0.25, -0.2) is 0 Å². The normalized spacial score (nSPS) is 12.6. The Bertz CT molecular complexity index is 840. The number of hydrogen-bond donors (Lipinski definition) is 0. The second kappa shape index (κ2) is 6.74. The molecule has 1 aromatic heterocycles. The van der Waals surface area contributed by atoms with Crippen molar-refractivity contribution in [3.05, 3.63) is 74.6 Å². The minimum absolute atomic E-state index is 0.0974. The van der Waals surface area contributed by atoms with Gasteiger partial charge in [-0.15, -0.1) is 0 Å². The topological polar surface area (TPSA) is 73.1 Å². The molecule has 5 heteroatoms. The number of rotatable bonds is 6. The van der Waals surface area contributed by atoms with Crippen molar-refractivity contribution in [2.75, 3.05) is 0 Å². The van der Waals surface area contributed by atoms with Gasteiger partial charge in [0.15, 0.2) is 5.78 Å². The van der Waals surface area contributed by atoms with Crippen molar-refractivity contribution in [3.63, 3.8) is 0 Å². The van der Waals surface area contributed by atoms with Crippen LogP contribution in [0.3, 0.4) is 0 Å². The number of pyridine rings is 1. The first kappa shape index (κ1) is 16.1. The molecule has 0 unspecified atom stereocenters. The van der Waals surface area contributed by atoms with Crippen LogP contribution in [0.5, 0.6) is 0 Å². The minimum atomic E-state index is -0.368. The van der Waals surface area contributed by atoms with E-state index in [1.54, 1.807) is 19.1 Å². The fourth-order valence-electron chi connectivity index (χ4n) is 2.93. The standard InChI is InChI=1S/C19H18N2O3/c1-13(22)16-10-17-8-15(12-20-19(17)11-16)6-2-4-14-5-3-7-18(9-14)21(23)24/h3,5,7-10,12H,2,4,6,11H2,1H3. The summed E-state index contributed by atoms with van der Waals surface area (Å²) in [6, 6.07) is 8.86. The van der Waals surface area contributed by atoms with E-state index in [9.17, 15) is 14.9 Å². The highest BCUT2D eigenvalue weighted by Crippen LogP contribution is 2.25. The van der Waals surface area contributed by atoms with E-state index >= 15 is 0 Å². The van der Waals surface area contributed by atoms with E-state index in [1.807, 2.05) is 18.3 Å². The summed E-state index contributed by atoms with van der Waals surface area (Å²) in [6.07, 6.45) is 6.95. The van der Waals surface area contributed by atoms with Crippen molar-refractivity contribution >= 4 is 17.5 Å². The average Bonchev–Trinajstić information content (AvgIpc) is 2.99. The lowest BCUT2D eigenvalue weighted by Gasteiger charge is -2.04. The van der Waals surface area contributed by atoms with E-state index in [4.69, 9.17) is 0 Å². The van der Waals surface area contributed by atoms with Gasteiger partial charge in [-0.2, -0.15) is 0 Å². The van der Waals surface area contributed by atoms with Crippen molar-refractivity contribution in [2.24, 2.45) is 0 Å². The molecule has 2 aromatic rings. The third-order valence-corrected chi connectivity index (χ3v) is 4.25. The zero-order valence-corrected chi connectivity index (χ0v) is 13.5. The number of nitro benzene ring substituents is 1. The van der Waals surface area contributed by atoms with Gasteiger partial charge in [-0.05, 0) is 55.0 Å². The Morgan fingerprint density at radius 3 is 2.79 bits per heavy atom. The Kier molecular flexibility index (Phi) is 4.51. The first-order valence-electron chi connectivity index (χ1n) is 7.95. The molecule has 122 valence electrons. The summed E-state index contributed by atoms with van der Waals surface area (Å²) in [5, 5.41) is 10.8. The average molecular weight is 322 g/mol. The van der Waals surface area contributed by atoms with Crippen LogP contribution < -0.4 is 0 Å². The number of carbonyl (C=O) groups is 1. The van der Waals surface area contributed by atoms with E-state index in [0.29, 0.717) is 6.42 Å². The maximum atomic E-state index is 11.5. The number of Topliss-reactive ketones (excluding diaryl/α,β-unsaturated/α-hetero) is 1. The van der Waals surface area contributed by atoms with Gasteiger partial charge in [-0.3, -0.25) is 19.9 Å². The number of aromatic nitrogens is 1. The molecule has 0 amide bonds. The first-order valence-corrected chi connectivity index (χ1v) is 7.95. The van der Waals surface area contributed by atoms with Crippen LogP contribution in [0.15, 0.2) is 42.1 Å². The SMILES string of the molecule is CC(=O)C1=Cc2cc(CCCc3cccc([N+](=O)[O-])c3)cnc2C1. The van der Waals surface area contributed by atoms with Crippen LogP contribution in [0.4, 0.5) is 5.69 Å². The molecule has 0 fully saturated rings. The lowest BCUT2D eigenvalue weighted by molar-refractivity contribution is -0.384. The van der Waals surface area contributed by atoms with Crippen molar-refractivity contribution in [1.29, 1.82) is 0 Å². The zero-order chi connectivity index (χ0) is 17.1. The van der Waals surface area contributed by atoms with Crippen LogP contribution in [0.1, 0.15) is 35.7 Å². The van der Waals surface area contributed by atoms with Crippen molar-refractivity contribution in [2.45, 2.75) is 32.6 Å². The number of hydrogen-bond acceptors (Lipinski definition) is 4. The summed E-state index contributed by atoms with van der Waals surface area (Å²) in [5.41, 5.74) is 5.04. The minimum Gasteiger partial charge on any atom is -0.295 e. The molecule has 24 heavy (non-hydrogen) atoms. The van der Waals surface area contributed by atoms with Crippen molar-refractivity contribution in [1.82, 2.24) is 4.98 Å². The maximum absolute atomic E-state index is 11.5. The second-order valence-electron chi connectivity index (χ2n) is 6.06. The Morgan fingerprint density at radius 1 is 1.25 bits per heavy atom. The van der Waals surface area contributed by atoms with Crippen molar-refractivity contribution < 1.29 is 9.72 Å². The number of benzene rings is 1. The number of carbonyl (C=O) groups excluding carboxylic acids is 1. The Balaban J connectivity index is 1.62. The van der Waals surface area contributed by atoms with E-state index in [-0.39, 0.29) is 16.4 Å². The summed E-state index contributed by atoms with van der Waals surface area (Å²) < 4.78 is 0. The van der Waals surface area contributed by atoms with Crippen LogP contribution in [0.2, 0.25) is 0 Å². The fraction of sp³-hybridized carbons (Fsp3) is 0.263. The molecule has 0 radical (unpaired) electrons. The van der Waals surface area contributed by atoms with Crippen LogP contribution in [-0.4, -0.2) is 15.7 Å². The third-order valence-electron chi connectivity index (χ3n) is 4.25. The number of aryl methyl sites for hydroxylation is 2. The van der Waals surface area contributed by atoms with Gasteiger partial charge in [0.25, 0.3) is 5.69 Å². The number of allylic oxidation sites excluding steroid dienone is 1. The monoisotopic (exact) mass is 322 g/mol. The number of non-ortho nitro benzene ring substituents is 1. The summed E-state index contributed by atoms with van der Waals surface area (Å²) >= 11 is 0. The zero-order valence-electron chi connectivity index (χ0n) is 13.5. The molecule has 1 heterocycles. The van der Waals surface area contributed by atoms with Gasteiger partial charge in [0.05, 0.1) is 10.6 Å². The molecule has 0 saturated heterocycles. The van der Waals surface area contributed by atoms with Crippen LogP contribution in [0.25, 0.3) is 6.08 Å². The van der Waals surface area contributed by atoms with Gasteiger partial charge < -0.3 is 0 Å². The molecule has 1 aliphatic rings. The third kappa shape index (κ3) is 3.56. The van der Waals surface area contributed by atoms with Crippen molar-refractivity contribution in [3.8, 4) is 0 Å². The molecular formula is C19H18N2O3. The Morgan fingerprint density at radius 2 is 2.04 bits per heavy atom. The molecular weight excluding hydrogens is 304 g/mol. The second-order valence-corrected chi connectivity index (χ2v) is 6.06. The summed E-state index contributed by atoms with van der Waals surface area (Å²) in [6.45, 7) is 1.58. The summed E-state index contributed by atoms with van der Waals surface area (Å²) in [4.78, 5) is 26.4. The molecule has 3 rings (SSSR count). The molecule has 0 atom stereocenters. The van der Waals surface area contributed by atoms with Gasteiger partial charge in [0.1, 0.15) is 0 Å². The molecule has 1 aromatic carbocycles. The molecule has 0 bridgehead atoms. The smallest absolute Gasteiger partial charge is 0.269 e. The molecule has 1 aliphatic carbocycles. The highest BCUT2D eigenvalue weighted by Gasteiger charge is 2.17. The molecule has 0 aliphatic heterocycles. The van der Waals surface area contributed by atoms with Gasteiger partial charge in [0, 0.05) is 30.3 Å². The maximum Gasteiger partial charge on any atom is 0.269 e. The first-order chi connectivity index (χ1) is 11.5. The Labute approximate surface area is 140 Å². The van der Waals surface area contributed by atoms with E-state index in [0.717, 1.165) is 47.2 Å². The largest absolute Gasteiger partial charge is 0.295 e. The van der Waals surface area contributed by atoms with Gasteiger partial charge in [0.2, 0.25) is 0 Å². The van der Waals surface area contributed by atoms with Crippen LogP contribution >= 0.6 is 0 Å². The molecule has 0 spiro atoms. The molecule has 0 N–H and O–H groups in total. The van der Waals surface area contributed by atoms with Gasteiger partial charge >= 0.3 is 0 Å². The highest BCUT2D eigenvalue weighted by atomic mass is 16.6. The quantitative estimate of drug-likeness (QED) is 0.600. The molecule has 0 saturated carbocycles. The highest BCUT2D eigenvalue weighted by molar-refractivity contribution is 6.00. The fourth-order valence-corrected chi connectivity index (χ4v) is 2.93. The lowest BCUT2D eigenvalue weighted by Crippen LogP contribution is -1.98. The lowest BCUT2D eigenvalue weighted by atomic mass is 10.0. The van der Waals surface area contributed by atoms with E-state index in [2.05, 4.69) is 11.1 Å². The van der Waals surface area contributed by atoms with Crippen LogP contribution in [0, 0.1) is 10.1 Å². The number of nitrogens with zero attached hydrogens (tertiary/aromatic N) is 2. The van der Waals surface area contributed by atoms with E-state index in [1.165, 1.54) is 6.07 Å². The summed E-state index contributed by atoms with van der Waals surface area (Å²) in [7, 11) is 0. The predicted molar refractivity (Wildman–Crippen MR) is 91.7 cm³/mol. The number of nitro groups is 1. The number of fused-ring (bicyclic) bond motifs is 1. The molecule has 5 nitrogen and oxygen atoms in total. The summed E-state index contributed by atoms with van der Waals surface area (Å²) in [5.74, 6) is 0.0974. The van der Waals surface area contributed by atoms with Gasteiger partial charge in [-0.1, -0.05) is 12.1 Å². The number of ketones is 1. The predicted octanol–water partition coefficient (Wildman–Crippen LogP) is 3.69.